The van der Waals surface area contributed by atoms with E-state index < -0.39 is 0 Å². The first-order valence-corrected chi connectivity index (χ1v) is 10.0. The summed E-state index contributed by atoms with van der Waals surface area (Å²) in [4.78, 5) is 14.6. The molecule has 3 rings (SSSR count). The van der Waals surface area contributed by atoms with Gasteiger partial charge in [-0.3, -0.25) is 4.79 Å². The van der Waals surface area contributed by atoms with Crippen LogP contribution < -0.4 is 15.0 Å². The average molecular weight is 429 g/mol. The number of halogens is 1. The van der Waals surface area contributed by atoms with Crippen molar-refractivity contribution in [2.75, 3.05) is 30.4 Å². The van der Waals surface area contributed by atoms with Gasteiger partial charge in [-0.05, 0) is 67.3 Å². The Morgan fingerprint density at radius 2 is 1.89 bits per heavy atom. The van der Waals surface area contributed by atoms with E-state index in [1.165, 1.54) is 24.6 Å². The fourth-order valence-electron chi connectivity index (χ4n) is 3.21. The van der Waals surface area contributed by atoms with E-state index in [2.05, 4.69) is 45.2 Å². The molecule has 142 valence electrons. The van der Waals surface area contributed by atoms with Crippen LogP contribution in [0.4, 0.5) is 11.4 Å². The van der Waals surface area contributed by atoms with E-state index in [0.717, 1.165) is 40.5 Å². The number of ether oxygens (including phenoxy) is 1. The van der Waals surface area contributed by atoms with Crippen LogP contribution in [0.25, 0.3) is 6.08 Å². The number of methoxy groups -OCH3 is 1. The third-order valence-corrected chi connectivity index (χ3v) is 5.38. The summed E-state index contributed by atoms with van der Waals surface area (Å²) in [5, 5.41) is 2.90. The molecule has 1 aliphatic heterocycles. The van der Waals surface area contributed by atoms with Gasteiger partial charge in [0, 0.05) is 40.6 Å². The predicted octanol–water partition coefficient (Wildman–Crippen LogP) is 5.35. The highest BCUT2D eigenvalue weighted by atomic mass is 79.9. The van der Waals surface area contributed by atoms with Gasteiger partial charge in [-0.15, -0.1) is 0 Å². The third kappa shape index (κ3) is 5.36. The van der Waals surface area contributed by atoms with Gasteiger partial charge >= 0.3 is 0 Å². The number of hydrogen-bond donors (Lipinski definition) is 1. The van der Waals surface area contributed by atoms with E-state index in [1.807, 2.05) is 30.3 Å². The zero-order chi connectivity index (χ0) is 19.2. The lowest BCUT2D eigenvalue weighted by atomic mass is 9.99. The predicted molar refractivity (Wildman–Crippen MR) is 115 cm³/mol. The van der Waals surface area contributed by atoms with Gasteiger partial charge in [0.25, 0.3) is 0 Å². The number of carbonyl (C=O) groups excluding carboxylic acids is 1. The molecule has 0 aliphatic carbocycles. The SMILES string of the molecule is COc1ccc(Br)cc1/C=C/C(=O)Nc1ccc(N2CCC(C)CC2)cc1. The summed E-state index contributed by atoms with van der Waals surface area (Å²) in [5.41, 5.74) is 2.85. The van der Waals surface area contributed by atoms with E-state index in [4.69, 9.17) is 4.74 Å². The summed E-state index contributed by atoms with van der Waals surface area (Å²) in [5.74, 6) is 1.37. The fourth-order valence-corrected chi connectivity index (χ4v) is 3.59. The highest BCUT2D eigenvalue weighted by Crippen LogP contribution is 2.25. The number of rotatable bonds is 5. The van der Waals surface area contributed by atoms with Crippen molar-refractivity contribution in [1.82, 2.24) is 0 Å². The summed E-state index contributed by atoms with van der Waals surface area (Å²) in [6.07, 6.45) is 5.75. The van der Waals surface area contributed by atoms with Crippen molar-refractivity contribution in [3.05, 3.63) is 58.6 Å². The Morgan fingerprint density at radius 3 is 2.56 bits per heavy atom. The van der Waals surface area contributed by atoms with E-state index >= 15 is 0 Å². The van der Waals surface area contributed by atoms with Crippen molar-refractivity contribution in [3.8, 4) is 5.75 Å². The minimum absolute atomic E-state index is 0.170. The molecular weight excluding hydrogens is 404 g/mol. The fraction of sp³-hybridized carbons (Fsp3) is 0.318. The van der Waals surface area contributed by atoms with Crippen LogP contribution in [0.3, 0.4) is 0 Å². The van der Waals surface area contributed by atoms with Crippen molar-refractivity contribution in [2.45, 2.75) is 19.8 Å². The minimum atomic E-state index is -0.170. The summed E-state index contributed by atoms with van der Waals surface area (Å²) < 4.78 is 6.26. The van der Waals surface area contributed by atoms with E-state index in [-0.39, 0.29) is 5.91 Å². The van der Waals surface area contributed by atoms with Crippen LogP contribution >= 0.6 is 15.9 Å². The molecule has 0 spiro atoms. The molecule has 2 aromatic rings. The molecule has 1 saturated heterocycles. The first kappa shape index (κ1) is 19.5. The molecule has 4 nitrogen and oxygen atoms in total. The highest BCUT2D eigenvalue weighted by molar-refractivity contribution is 9.10. The van der Waals surface area contributed by atoms with Gasteiger partial charge in [0.2, 0.25) is 5.91 Å². The van der Waals surface area contributed by atoms with Crippen molar-refractivity contribution < 1.29 is 9.53 Å². The molecule has 1 aliphatic rings. The third-order valence-electron chi connectivity index (χ3n) is 4.89. The summed E-state index contributed by atoms with van der Waals surface area (Å²) >= 11 is 3.44. The van der Waals surface area contributed by atoms with Crippen molar-refractivity contribution in [3.63, 3.8) is 0 Å². The lowest BCUT2D eigenvalue weighted by molar-refractivity contribution is -0.111. The molecule has 1 fully saturated rings. The second-order valence-electron chi connectivity index (χ2n) is 6.93. The Balaban J connectivity index is 1.60. The quantitative estimate of drug-likeness (QED) is 0.652. The minimum Gasteiger partial charge on any atom is -0.496 e. The van der Waals surface area contributed by atoms with E-state index in [9.17, 15) is 4.79 Å². The van der Waals surface area contributed by atoms with Crippen LogP contribution in [0.2, 0.25) is 0 Å². The van der Waals surface area contributed by atoms with Gasteiger partial charge in [-0.1, -0.05) is 22.9 Å². The molecule has 0 bridgehead atoms. The summed E-state index contributed by atoms with van der Waals surface area (Å²) in [7, 11) is 1.62. The maximum absolute atomic E-state index is 12.2. The zero-order valence-corrected chi connectivity index (χ0v) is 17.3. The molecule has 27 heavy (non-hydrogen) atoms. The van der Waals surface area contributed by atoms with Gasteiger partial charge in [-0.25, -0.2) is 0 Å². The summed E-state index contributed by atoms with van der Waals surface area (Å²) in [6, 6.07) is 13.7. The molecule has 0 radical (unpaired) electrons. The number of piperidine rings is 1. The lowest BCUT2D eigenvalue weighted by Gasteiger charge is -2.32. The van der Waals surface area contributed by atoms with Gasteiger partial charge in [0.15, 0.2) is 0 Å². The number of carbonyl (C=O) groups is 1. The normalized spacial score (nSPS) is 15.1. The maximum Gasteiger partial charge on any atom is 0.248 e. The number of nitrogens with one attached hydrogen (secondary N) is 1. The number of amides is 1. The van der Waals surface area contributed by atoms with Gasteiger partial charge in [-0.2, -0.15) is 0 Å². The van der Waals surface area contributed by atoms with Crippen LogP contribution in [0, 0.1) is 5.92 Å². The standard InChI is InChI=1S/C22H25BrN2O2/c1-16-11-13-25(14-12-16)20-7-5-19(6-8-20)24-22(26)10-3-17-15-18(23)4-9-21(17)27-2/h3-10,15-16H,11-14H2,1-2H3,(H,24,26)/b10-3+. The van der Waals surface area contributed by atoms with Crippen LogP contribution in [-0.2, 0) is 4.79 Å². The van der Waals surface area contributed by atoms with Crippen LogP contribution in [0.5, 0.6) is 5.75 Å². The van der Waals surface area contributed by atoms with Crippen molar-refractivity contribution in [1.29, 1.82) is 0 Å². The first-order valence-electron chi connectivity index (χ1n) is 9.23. The lowest BCUT2D eigenvalue weighted by Crippen LogP contribution is -2.32. The van der Waals surface area contributed by atoms with Gasteiger partial charge in [0.1, 0.15) is 5.75 Å². The van der Waals surface area contributed by atoms with Crippen molar-refractivity contribution in [2.24, 2.45) is 5.92 Å². The number of anilines is 2. The summed E-state index contributed by atoms with van der Waals surface area (Å²) in [6.45, 7) is 4.52. The number of hydrogen-bond acceptors (Lipinski definition) is 3. The Hall–Kier alpha value is -2.27. The van der Waals surface area contributed by atoms with E-state index in [0.29, 0.717) is 0 Å². The van der Waals surface area contributed by atoms with Crippen molar-refractivity contribution >= 4 is 39.3 Å². The number of benzene rings is 2. The van der Waals surface area contributed by atoms with Gasteiger partial charge in [0.05, 0.1) is 7.11 Å². The van der Waals surface area contributed by atoms with Crippen LogP contribution in [-0.4, -0.2) is 26.1 Å². The second-order valence-corrected chi connectivity index (χ2v) is 7.84. The van der Waals surface area contributed by atoms with Gasteiger partial charge < -0.3 is 15.0 Å². The topological polar surface area (TPSA) is 41.6 Å². The average Bonchev–Trinajstić information content (AvgIpc) is 2.68. The van der Waals surface area contributed by atoms with Crippen LogP contribution in [0.1, 0.15) is 25.3 Å². The number of nitrogens with zero attached hydrogens (tertiary/aromatic N) is 1. The molecule has 0 atom stereocenters. The molecule has 0 unspecified atom stereocenters. The maximum atomic E-state index is 12.2. The Labute approximate surface area is 169 Å². The molecule has 0 saturated carbocycles. The Morgan fingerprint density at radius 1 is 1.19 bits per heavy atom. The second kappa shape index (κ2) is 9.09. The molecule has 1 amide bonds. The van der Waals surface area contributed by atoms with E-state index in [1.54, 1.807) is 13.2 Å². The molecule has 1 heterocycles. The molecule has 5 heteroatoms. The molecule has 1 N–H and O–H groups in total. The first-order chi connectivity index (χ1) is 13.0. The van der Waals surface area contributed by atoms with Crippen LogP contribution in [0.15, 0.2) is 53.0 Å². The largest absolute Gasteiger partial charge is 0.496 e. The highest BCUT2D eigenvalue weighted by Gasteiger charge is 2.15. The molecular formula is C22H25BrN2O2. The Bertz CT molecular complexity index is 810. The molecule has 2 aromatic carbocycles. The smallest absolute Gasteiger partial charge is 0.248 e. The Kier molecular flexibility index (Phi) is 6.56. The monoisotopic (exact) mass is 428 g/mol. The zero-order valence-electron chi connectivity index (χ0n) is 15.7. The molecule has 0 aromatic heterocycles.